The van der Waals surface area contributed by atoms with Crippen molar-refractivity contribution < 1.29 is 13.9 Å². The topological polar surface area (TPSA) is 38.3 Å². The lowest BCUT2D eigenvalue weighted by atomic mass is 10.1. The highest BCUT2D eigenvalue weighted by Gasteiger charge is 2.14. The van der Waals surface area contributed by atoms with Crippen molar-refractivity contribution in [1.29, 1.82) is 0 Å². The molecule has 0 aliphatic carbocycles. The monoisotopic (exact) mass is 287 g/mol. The van der Waals surface area contributed by atoms with Crippen LogP contribution in [0.3, 0.4) is 0 Å². The molecule has 0 unspecified atom stereocenters. The molecule has 0 saturated carbocycles. The number of rotatable bonds is 5. The van der Waals surface area contributed by atoms with Gasteiger partial charge in [-0.2, -0.15) is 0 Å². The highest BCUT2D eigenvalue weighted by atomic mass is 19.1. The Labute approximate surface area is 123 Å². The summed E-state index contributed by atoms with van der Waals surface area (Å²) in [6.07, 6.45) is -0.639. The molecule has 4 heteroatoms. The van der Waals surface area contributed by atoms with Gasteiger partial charge in [0.1, 0.15) is 11.6 Å². The van der Waals surface area contributed by atoms with E-state index in [0.717, 1.165) is 11.1 Å². The standard InChI is InChI=1S/C17H18FNO2/c1-12-4-3-5-14(10-12)11-19-17(20)13(2)21-16-8-6-15(18)7-9-16/h3-10,13H,11H2,1-2H3,(H,19,20)/t13-/m1/s1. The molecule has 0 spiro atoms. The van der Waals surface area contributed by atoms with E-state index in [-0.39, 0.29) is 11.7 Å². The molecule has 0 saturated heterocycles. The molecule has 2 rings (SSSR count). The molecule has 0 aliphatic rings. The van der Waals surface area contributed by atoms with Gasteiger partial charge in [-0.05, 0) is 43.7 Å². The zero-order chi connectivity index (χ0) is 15.2. The molecule has 2 aromatic carbocycles. The number of carbonyl (C=O) groups is 1. The average Bonchev–Trinajstić information content (AvgIpc) is 2.47. The summed E-state index contributed by atoms with van der Waals surface area (Å²) in [5, 5.41) is 2.82. The fraction of sp³-hybridized carbons (Fsp3) is 0.235. The van der Waals surface area contributed by atoms with Crippen molar-refractivity contribution in [3.8, 4) is 5.75 Å². The predicted octanol–water partition coefficient (Wildman–Crippen LogP) is 3.22. The number of amides is 1. The van der Waals surface area contributed by atoms with E-state index >= 15 is 0 Å². The van der Waals surface area contributed by atoms with E-state index in [1.807, 2.05) is 31.2 Å². The van der Waals surface area contributed by atoms with E-state index < -0.39 is 6.10 Å². The van der Waals surface area contributed by atoms with Crippen molar-refractivity contribution in [2.24, 2.45) is 0 Å². The van der Waals surface area contributed by atoms with Gasteiger partial charge in [0.25, 0.3) is 5.91 Å². The number of halogens is 1. The zero-order valence-corrected chi connectivity index (χ0v) is 12.1. The lowest BCUT2D eigenvalue weighted by Crippen LogP contribution is -2.35. The summed E-state index contributed by atoms with van der Waals surface area (Å²) in [4.78, 5) is 12.0. The Bertz CT molecular complexity index is 610. The van der Waals surface area contributed by atoms with E-state index in [9.17, 15) is 9.18 Å². The van der Waals surface area contributed by atoms with Crippen LogP contribution in [0.15, 0.2) is 48.5 Å². The summed E-state index contributed by atoms with van der Waals surface area (Å²) in [7, 11) is 0. The number of hydrogen-bond acceptors (Lipinski definition) is 2. The number of carbonyl (C=O) groups excluding carboxylic acids is 1. The van der Waals surface area contributed by atoms with Crippen molar-refractivity contribution in [3.63, 3.8) is 0 Å². The Kier molecular flexibility index (Phi) is 4.93. The number of hydrogen-bond donors (Lipinski definition) is 1. The fourth-order valence-corrected chi connectivity index (χ4v) is 1.93. The molecular formula is C17H18FNO2. The SMILES string of the molecule is Cc1cccc(CNC(=O)[C@@H](C)Oc2ccc(F)cc2)c1. The van der Waals surface area contributed by atoms with E-state index in [1.165, 1.54) is 24.3 Å². The van der Waals surface area contributed by atoms with Crippen LogP contribution in [-0.4, -0.2) is 12.0 Å². The molecule has 0 fully saturated rings. The fourth-order valence-electron chi connectivity index (χ4n) is 1.93. The van der Waals surface area contributed by atoms with E-state index in [2.05, 4.69) is 5.32 Å². The van der Waals surface area contributed by atoms with Gasteiger partial charge in [0.2, 0.25) is 0 Å². The highest BCUT2D eigenvalue weighted by molar-refractivity contribution is 5.80. The van der Waals surface area contributed by atoms with E-state index in [4.69, 9.17) is 4.74 Å². The quantitative estimate of drug-likeness (QED) is 0.917. The first-order valence-electron chi connectivity index (χ1n) is 6.80. The van der Waals surface area contributed by atoms with Crippen LogP contribution >= 0.6 is 0 Å². The summed E-state index contributed by atoms with van der Waals surface area (Å²) in [6, 6.07) is 13.5. The van der Waals surface area contributed by atoms with Gasteiger partial charge in [0.05, 0.1) is 0 Å². The first-order valence-corrected chi connectivity index (χ1v) is 6.80. The van der Waals surface area contributed by atoms with Gasteiger partial charge in [-0.25, -0.2) is 4.39 Å². The zero-order valence-electron chi connectivity index (χ0n) is 12.1. The summed E-state index contributed by atoms with van der Waals surface area (Å²) < 4.78 is 18.3. The van der Waals surface area contributed by atoms with Gasteiger partial charge in [-0.15, -0.1) is 0 Å². The molecule has 0 radical (unpaired) electrons. The second kappa shape index (κ2) is 6.88. The maximum absolute atomic E-state index is 12.8. The molecule has 0 bridgehead atoms. The first kappa shape index (κ1) is 15.0. The Morgan fingerprint density at radius 3 is 2.62 bits per heavy atom. The van der Waals surface area contributed by atoms with Crippen LogP contribution in [0.1, 0.15) is 18.1 Å². The second-order valence-electron chi connectivity index (χ2n) is 4.92. The molecule has 2 aromatic rings. The van der Waals surface area contributed by atoms with Gasteiger partial charge in [-0.3, -0.25) is 4.79 Å². The minimum absolute atomic E-state index is 0.208. The Morgan fingerprint density at radius 1 is 1.24 bits per heavy atom. The predicted molar refractivity (Wildman–Crippen MR) is 79.5 cm³/mol. The largest absolute Gasteiger partial charge is 0.481 e. The van der Waals surface area contributed by atoms with Crippen LogP contribution in [0, 0.1) is 12.7 Å². The number of nitrogens with one attached hydrogen (secondary N) is 1. The minimum atomic E-state index is -0.639. The smallest absolute Gasteiger partial charge is 0.261 e. The van der Waals surface area contributed by atoms with Crippen LogP contribution in [0.4, 0.5) is 4.39 Å². The number of aryl methyl sites for hydroxylation is 1. The molecule has 1 amide bonds. The molecule has 0 aromatic heterocycles. The average molecular weight is 287 g/mol. The maximum atomic E-state index is 12.8. The second-order valence-corrected chi connectivity index (χ2v) is 4.92. The van der Waals surface area contributed by atoms with Crippen molar-refractivity contribution in [1.82, 2.24) is 5.32 Å². The number of ether oxygens (including phenoxy) is 1. The summed E-state index contributed by atoms with van der Waals surface area (Å²) in [5.74, 6) is -0.0747. The van der Waals surface area contributed by atoms with Crippen molar-refractivity contribution >= 4 is 5.91 Å². The minimum Gasteiger partial charge on any atom is -0.481 e. The van der Waals surface area contributed by atoms with Crippen LogP contribution < -0.4 is 10.1 Å². The third-order valence-corrected chi connectivity index (χ3v) is 3.04. The maximum Gasteiger partial charge on any atom is 0.261 e. The van der Waals surface area contributed by atoms with Crippen LogP contribution in [0.2, 0.25) is 0 Å². The van der Waals surface area contributed by atoms with Gasteiger partial charge in [0.15, 0.2) is 6.10 Å². The Morgan fingerprint density at radius 2 is 1.95 bits per heavy atom. The molecule has 0 aliphatic heterocycles. The van der Waals surface area contributed by atoms with E-state index in [1.54, 1.807) is 6.92 Å². The molecular weight excluding hydrogens is 269 g/mol. The summed E-state index contributed by atoms with van der Waals surface area (Å²) in [6.45, 7) is 4.12. The van der Waals surface area contributed by atoms with Crippen LogP contribution in [0.25, 0.3) is 0 Å². The van der Waals surface area contributed by atoms with Gasteiger partial charge in [-0.1, -0.05) is 29.8 Å². The molecule has 0 heterocycles. The first-order chi connectivity index (χ1) is 10.0. The highest BCUT2D eigenvalue weighted by Crippen LogP contribution is 2.13. The van der Waals surface area contributed by atoms with Crippen molar-refractivity contribution in [3.05, 3.63) is 65.5 Å². The third-order valence-electron chi connectivity index (χ3n) is 3.04. The van der Waals surface area contributed by atoms with E-state index in [0.29, 0.717) is 12.3 Å². The summed E-state index contributed by atoms with van der Waals surface area (Å²) >= 11 is 0. The molecule has 1 atom stereocenters. The lowest BCUT2D eigenvalue weighted by Gasteiger charge is -2.14. The Balaban J connectivity index is 1.86. The lowest BCUT2D eigenvalue weighted by molar-refractivity contribution is -0.127. The van der Waals surface area contributed by atoms with Gasteiger partial charge in [0, 0.05) is 6.54 Å². The number of benzene rings is 2. The molecule has 1 N–H and O–H groups in total. The molecule has 3 nitrogen and oxygen atoms in total. The van der Waals surface area contributed by atoms with Gasteiger partial charge < -0.3 is 10.1 Å². The van der Waals surface area contributed by atoms with Crippen LogP contribution in [-0.2, 0) is 11.3 Å². The van der Waals surface area contributed by atoms with Crippen molar-refractivity contribution in [2.45, 2.75) is 26.5 Å². The van der Waals surface area contributed by atoms with Crippen molar-refractivity contribution in [2.75, 3.05) is 0 Å². The normalized spacial score (nSPS) is 11.8. The third kappa shape index (κ3) is 4.60. The Hall–Kier alpha value is -2.36. The van der Waals surface area contributed by atoms with Crippen LogP contribution in [0.5, 0.6) is 5.75 Å². The summed E-state index contributed by atoms with van der Waals surface area (Å²) in [5.41, 5.74) is 2.19. The van der Waals surface area contributed by atoms with Gasteiger partial charge >= 0.3 is 0 Å². The molecule has 21 heavy (non-hydrogen) atoms. The molecule has 110 valence electrons.